The van der Waals surface area contributed by atoms with Crippen molar-refractivity contribution in [2.45, 2.75) is 36.7 Å². The summed E-state index contributed by atoms with van der Waals surface area (Å²) in [6, 6.07) is 5.21. The van der Waals surface area contributed by atoms with Gasteiger partial charge in [-0.05, 0) is 38.9 Å². The van der Waals surface area contributed by atoms with Crippen molar-refractivity contribution >= 4 is 15.7 Å². The molecular weight excluding hydrogens is 290 g/mol. The molecule has 1 atom stereocenters. The largest absolute Gasteiger partial charge is 0.495 e. The minimum absolute atomic E-state index is 0.156. The Labute approximate surface area is 126 Å². The van der Waals surface area contributed by atoms with Crippen LogP contribution in [0.15, 0.2) is 23.1 Å². The Morgan fingerprint density at radius 2 is 2.14 bits per heavy atom. The fraction of sp³-hybridized carbons (Fsp3) is 0.571. The van der Waals surface area contributed by atoms with Crippen molar-refractivity contribution in [1.29, 1.82) is 0 Å². The summed E-state index contributed by atoms with van der Waals surface area (Å²) in [5.74, 6) is 0.362. The van der Waals surface area contributed by atoms with Gasteiger partial charge in [-0.1, -0.05) is 0 Å². The number of likely N-dealkylation sites (N-methyl/N-ethyl adjacent to an activating group) is 1. The normalized spacial score (nSPS) is 17.0. The molecule has 1 unspecified atom stereocenters. The molecule has 1 aromatic carbocycles. The molecule has 21 heavy (non-hydrogen) atoms. The molecule has 1 aliphatic carbocycles. The van der Waals surface area contributed by atoms with Crippen LogP contribution in [0.4, 0.5) is 5.69 Å². The van der Waals surface area contributed by atoms with Crippen molar-refractivity contribution in [1.82, 2.24) is 9.62 Å². The molecule has 0 spiro atoms. The first-order valence-electron chi connectivity index (χ1n) is 7.00. The van der Waals surface area contributed by atoms with Gasteiger partial charge in [-0.25, -0.2) is 13.1 Å². The van der Waals surface area contributed by atoms with E-state index >= 15 is 0 Å². The second kappa shape index (κ2) is 6.21. The minimum Gasteiger partial charge on any atom is -0.495 e. The van der Waals surface area contributed by atoms with Crippen LogP contribution < -0.4 is 15.2 Å². The number of hydrogen-bond donors (Lipinski definition) is 2. The van der Waals surface area contributed by atoms with E-state index in [1.165, 1.54) is 38.2 Å². The van der Waals surface area contributed by atoms with E-state index in [1.54, 1.807) is 0 Å². The number of rotatable bonds is 7. The highest BCUT2D eigenvalue weighted by molar-refractivity contribution is 7.89. The molecule has 0 radical (unpaired) electrons. The van der Waals surface area contributed by atoms with E-state index in [0.29, 0.717) is 24.0 Å². The van der Waals surface area contributed by atoms with Crippen LogP contribution in [0.2, 0.25) is 0 Å². The standard InChI is InChI=1S/C14H23N3O3S/c1-10(17(2)11-4-5-11)9-16-21(18,19)12-6-7-13(15)14(8-12)20-3/h6-8,10-11,16H,4-5,9,15H2,1-3H3. The molecular formula is C14H23N3O3S. The maximum absolute atomic E-state index is 12.3. The first-order chi connectivity index (χ1) is 9.85. The van der Waals surface area contributed by atoms with Crippen LogP contribution >= 0.6 is 0 Å². The SMILES string of the molecule is COc1cc(S(=O)(=O)NCC(C)N(C)C2CC2)ccc1N. The van der Waals surface area contributed by atoms with E-state index in [1.807, 2.05) is 14.0 Å². The van der Waals surface area contributed by atoms with Gasteiger partial charge in [0.1, 0.15) is 5.75 Å². The number of ether oxygens (including phenoxy) is 1. The maximum atomic E-state index is 12.3. The van der Waals surface area contributed by atoms with Gasteiger partial charge < -0.3 is 10.5 Å². The molecule has 3 N–H and O–H groups in total. The summed E-state index contributed by atoms with van der Waals surface area (Å²) in [6.07, 6.45) is 2.39. The number of methoxy groups -OCH3 is 1. The number of nitrogen functional groups attached to an aromatic ring is 1. The fourth-order valence-electron chi connectivity index (χ4n) is 2.16. The van der Waals surface area contributed by atoms with Crippen LogP contribution in [0, 0.1) is 0 Å². The van der Waals surface area contributed by atoms with Crippen molar-refractivity contribution in [3.63, 3.8) is 0 Å². The van der Waals surface area contributed by atoms with Gasteiger partial charge in [-0.3, -0.25) is 4.90 Å². The van der Waals surface area contributed by atoms with Gasteiger partial charge in [0.2, 0.25) is 10.0 Å². The van der Waals surface area contributed by atoms with Crippen molar-refractivity contribution in [3.8, 4) is 5.75 Å². The van der Waals surface area contributed by atoms with Gasteiger partial charge in [-0.2, -0.15) is 0 Å². The second-order valence-electron chi connectivity index (χ2n) is 5.50. The lowest BCUT2D eigenvalue weighted by Gasteiger charge is -2.24. The van der Waals surface area contributed by atoms with Crippen molar-refractivity contribution < 1.29 is 13.2 Å². The average molecular weight is 313 g/mol. The summed E-state index contributed by atoms with van der Waals surface area (Å²) in [5, 5.41) is 0. The molecule has 0 aliphatic heterocycles. The summed E-state index contributed by atoms with van der Waals surface area (Å²) in [7, 11) is -0.0646. The molecule has 6 nitrogen and oxygen atoms in total. The molecule has 0 saturated heterocycles. The lowest BCUT2D eigenvalue weighted by molar-refractivity contribution is 0.248. The Bertz CT molecular complexity index is 599. The van der Waals surface area contributed by atoms with Gasteiger partial charge in [0.25, 0.3) is 0 Å². The van der Waals surface area contributed by atoms with Crippen LogP contribution in [0.1, 0.15) is 19.8 Å². The van der Waals surface area contributed by atoms with Gasteiger partial charge in [0.05, 0.1) is 17.7 Å². The molecule has 0 aromatic heterocycles. The van der Waals surface area contributed by atoms with Gasteiger partial charge >= 0.3 is 0 Å². The average Bonchev–Trinajstić information content (AvgIpc) is 3.29. The maximum Gasteiger partial charge on any atom is 0.240 e. The third-order valence-corrected chi connectivity index (χ3v) is 5.32. The van der Waals surface area contributed by atoms with Crippen LogP contribution in [-0.2, 0) is 10.0 Å². The van der Waals surface area contributed by atoms with Crippen molar-refractivity contribution in [3.05, 3.63) is 18.2 Å². The number of nitrogens with two attached hydrogens (primary N) is 1. The number of anilines is 1. The third kappa shape index (κ3) is 3.87. The second-order valence-corrected chi connectivity index (χ2v) is 7.27. The molecule has 1 aromatic rings. The lowest BCUT2D eigenvalue weighted by Crippen LogP contribution is -2.41. The summed E-state index contributed by atoms with van der Waals surface area (Å²) >= 11 is 0. The molecule has 1 saturated carbocycles. The first-order valence-corrected chi connectivity index (χ1v) is 8.48. The number of sulfonamides is 1. The van der Waals surface area contributed by atoms with E-state index in [0.717, 1.165) is 0 Å². The van der Waals surface area contributed by atoms with Crippen LogP contribution in [0.25, 0.3) is 0 Å². The zero-order valence-electron chi connectivity index (χ0n) is 12.7. The summed E-state index contributed by atoms with van der Waals surface area (Å²) in [6.45, 7) is 2.40. The highest BCUT2D eigenvalue weighted by Crippen LogP contribution is 2.27. The number of nitrogens with one attached hydrogen (secondary N) is 1. The van der Waals surface area contributed by atoms with E-state index in [2.05, 4.69) is 9.62 Å². The summed E-state index contributed by atoms with van der Waals surface area (Å²) < 4.78 is 32.3. The Morgan fingerprint density at radius 1 is 1.48 bits per heavy atom. The Morgan fingerprint density at radius 3 is 2.71 bits per heavy atom. The quantitative estimate of drug-likeness (QED) is 0.735. The van der Waals surface area contributed by atoms with E-state index in [-0.39, 0.29) is 10.9 Å². The molecule has 0 amide bonds. The van der Waals surface area contributed by atoms with Gasteiger partial charge in [0.15, 0.2) is 0 Å². The molecule has 1 aliphatic rings. The fourth-order valence-corrected chi connectivity index (χ4v) is 3.29. The predicted octanol–water partition coefficient (Wildman–Crippen LogP) is 1.04. The van der Waals surface area contributed by atoms with Crippen molar-refractivity contribution in [2.24, 2.45) is 0 Å². The molecule has 0 heterocycles. The smallest absolute Gasteiger partial charge is 0.240 e. The first kappa shape index (κ1) is 16.1. The van der Waals surface area contributed by atoms with Crippen LogP contribution in [0.5, 0.6) is 5.75 Å². The van der Waals surface area contributed by atoms with E-state index < -0.39 is 10.0 Å². The zero-order chi connectivity index (χ0) is 15.6. The highest BCUT2D eigenvalue weighted by Gasteiger charge is 2.29. The molecule has 0 bridgehead atoms. The topological polar surface area (TPSA) is 84.7 Å². The van der Waals surface area contributed by atoms with E-state index in [9.17, 15) is 8.42 Å². The summed E-state index contributed by atoms with van der Waals surface area (Å²) in [4.78, 5) is 2.38. The number of hydrogen-bond acceptors (Lipinski definition) is 5. The minimum atomic E-state index is -3.56. The van der Waals surface area contributed by atoms with Gasteiger partial charge in [-0.15, -0.1) is 0 Å². The monoisotopic (exact) mass is 313 g/mol. The van der Waals surface area contributed by atoms with E-state index in [4.69, 9.17) is 10.5 Å². The number of benzene rings is 1. The van der Waals surface area contributed by atoms with Gasteiger partial charge in [0, 0.05) is 24.7 Å². The highest BCUT2D eigenvalue weighted by atomic mass is 32.2. The number of nitrogens with zero attached hydrogens (tertiary/aromatic N) is 1. The zero-order valence-corrected chi connectivity index (χ0v) is 13.5. The third-order valence-electron chi connectivity index (χ3n) is 3.90. The van der Waals surface area contributed by atoms with Crippen LogP contribution in [0.3, 0.4) is 0 Å². The Kier molecular flexibility index (Phi) is 4.75. The summed E-state index contributed by atoms with van der Waals surface area (Å²) in [5.41, 5.74) is 6.11. The lowest BCUT2D eigenvalue weighted by atomic mass is 10.3. The predicted molar refractivity (Wildman–Crippen MR) is 82.8 cm³/mol. The molecule has 7 heteroatoms. The molecule has 1 fully saturated rings. The Balaban J connectivity index is 2.04. The van der Waals surface area contributed by atoms with Crippen LogP contribution in [-0.4, -0.2) is 46.1 Å². The van der Waals surface area contributed by atoms with Crippen molar-refractivity contribution in [2.75, 3.05) is 26.4 Å². The Hall–Kier alpha value is -1.31. The molecule has 118 valence electrons. The molecule has 2 rings (SSSR count).